The second kappa shape index (κ2) is 7.23. The highest BCUT2D eigenvalue weighted by Crippen LogP contribution is 2.29. The summed E-state index contributed by atoms with van der Waals surface area (Å²) in [7, 11) is 0. The molecule has 2 heterocycles. The summed E-state index contributed by atoms with van der Waals surface area (Å²) in [5, 5.41) is 8.28. The molecule has 0 saturated carbocycles. The van der Waals surface area contributed by atoms with Crippen molar-refractivity contribution in [2.45, 2.75) is 60.0 Å². The van der Waals surface area contributed by atoms with E-state index in [1.54, 1.807) is 0 Å². The minimum Gasteiger partial charge on any atom is -0.309 e. The third-order valence-electron chi connectivity index (χ3n) is 3.87. The van der Waals surface area contributed by atoms with Crippen molar-refractivity contribution < 1.29 is 0 Å². The van der Waals surface area contributed by atoms with Crippen molar-refractivity contribution in [2.24, 2.45) is 0 Å². The van der Waals surface area contributed by atoms with E-state index >= 15 is 0 Å². The first kappa shape index (κ1) is 16.2. The molecule has 4 heteroatoms. The number of nitrogens with zero attached hydrogens (tertiary/aromatic N) is 2. The average Bonchev–Trinajstić information content (AvgIpc) is 2.97. The van der Waals surface area contributed by atoms with Gasteiger partial charge in [0.05, 0.1) is 5.69 Å². The molecule has 0 aliphatic rings. The summed E-state index contributed by atoms with van der Waals surface area (Å²) in [5.74, 6) is 0. The van der Waals surface area contributed by atoms with E-state index < -0.39 is 0 Å². The Morgan fingerprint density at radius 3 is 2.57 bits per heavy atom. The van der Waals surface area contributed by atoms with Crippen LogP contribution < -0.4 is 5.32 Å². The predicted octanol–water partition coefficient (Wildman–Crippen LogP) is 4.17. The molecule has 21 heavy (non-hydrogen) atoms. The summed E-state index contributed by atoms with van der Waals surface area (Å²) in [6.45, 7) is 12.8. The highest BCUT2D eigenvalue weighted by atomic mass is 32.1. The fourth-order valence-electron chi connectivity index (χ4n) is 2.61. The largest absolute Gasteiger partial charge is 0.309 e. The fourth-order valence-corrected chi connectivity index (χ4v) is 3.73. The number of nitrogens with one attached hydrogen (secondary N) is 1. The molecule has 0 aromatic carbocycles. The number of aromatic nitrogens is 2. The Balaban J connectivity index is 2.23. The Hall–Kier alpha value is -1.13. The van der Waals surface area contributed by atoms with Crippen molar-refractivity contribution >= 4 is 11.3 Å². The van der Waals surface area contributed by atoms with Crippen molar-refractivity contribution in [3.63, 3.8) is 0 Å². The van der Waals surface area contributed by atoms with E-state index in [9.17, 15) is 0 Å². The van der Waals surface area contributed by atoms with E-state index in [4.69, 9.17) is 0 Å². The molecule has 0 radical (unpaired) electrons. The monoisotopic (exact) mass is 305 g/mol. The quantitative estimate of drug-likeness (QED) is 0.832. The molecular weight excluding hydrogens is 278 g/mol. The van der Waals surface area contributed by atoms with E-state index in [1.807, 2.05) is 11.3 Å². The maximum Gasteiger partial charge on any atom is 0.0596 e. The lowest BCUT2D eigenvalue weighted by Gasteiger charge is -2.17. The van der Waals surface area contributed by atoms with Crippen molar-refractivity contribution in [2.75, 3.05) is 6.54 Å². The van der Waals surface area contributed by atoms with Crippen LogP contribution >= 0.6 is 11.3 Å². The average molecular weight is 305 g/mol. The summed E-state index contributed by atoms with van der Waals surface area (Å²) in [5.41, 5.74) is 3.84. The minimum absolute atomic E-state index is 0.392. The molecule has 116 valence electrons. The maximum absolute atomic E-state index is 4.57. The minimum atomic E-state index is 0.392. The summed E-state index contributed by atoms with van der Waals surface area (Å²) in [6.07, 6.45) is 2.17. The van der Waals surface area contributed by atoms with Gasteiger partial charge in [0.2, 0.25) is 0 Å². The Kier molecular flexibility index (Phi) is 5.59. The van der Waals surface area contributed by atoms with E-state index in [0.717, 1.165) is 31.6 Å². The van der Waals surface area contributed by atoms with Gasteiger partial charge in [-0.3, -0.25) is 4.68 Å². The van der Waals surface area contributed by atoms with Crippen LogP contribution in [0.25, 0.3) is 0 Å². The Morgan fingerprint density at radius 1 is 1.24 bits per heavy atom. The highest BCUT2D eigenvalue weighted by molar-refractivity contribution is 7.12. The molecule has 2 rings (SSSR count). The van der Waals surface area contributed by atoms with E-state index in [2.05, 4.69) is 61.8 Å². The van der Waals surface area contributed by atoms with Crippen molar-refractivity contribution in [1.29, 1.82) is 0 Å². The zero-order valence-electron chi connectivity index (χ0n) is 13.9. The molecule has 0 aliphatic carbocycles. The van der Waals surface area contributed by atoms with Gasteiger partial charge < -0.3 is 5.32 Å². The molecule has 0 amide bonds. The SMILES string of the molecule is CCCNC(Cc1cc(C)nn1CC)c1cc(C)c(C)s1. The molecular formula is C17H27N3S. The molecule has 1 unspecified atom stereocenters. The molecule has 2 aromatic rings. The first-order valence-corrected chi connectivity index (χ1v) is 8.70. The van der Waals surface area contributed by atoms with Crippen LogP contribution in [0.4, 0.5) is 0 Å². The van der Waals surface area contributed by atoms with Crippen molar-refractivity contribution in [3.8, 4) is 0 Å². The predicted molar refractivity (Wildman–Crippen MR) is 91.2 cm³/mol. The molecule has 2 aromatic heterocycles. The molecule has 0 bridgehead atoms. The Morgan fingerprint density at radius 2 is 2.00 bits per heavy atom. The number of rotatable bonds is 7. The standard InChI is InChI=1S/C17H27N3S/c1-6-8-18-16(17-9-12(3)14(5)21-17)11-15-10-13(4)19-20(15)7-2/h9-10,16,18H,6-8,11H2,1-5H3. The molecule has 1 N–H and O–H groups in total. The number of hydrogen-bond acceptors (Lipinski definition) is 3. The lowest BCUT2D eigenvalue weighted by Crippen LogP contribution is -2.24. The van der Waals surface area contributed by atoms with Crippen molar-refractivity contribution in [3.05, 3.63) is 38.8 Å². The molecule has 3 nitrogen and oxygen atoms in total. The zero-order chi connectivity index (χ0) is 15.4. The summed E-state index contributed by atoms with van der Waals surface area (Å²) >= 11 is 1.92. The first-order valence-electron chi connectivity index (χ1n) is 7.88. The van der Waals surface area contributed by atoms with Gasteiger partial charge in [0.15, 0.2) is 0 Å². The Labute approximate surface area is 132 Å². The number of aryl methyl sites for hydroxylation is 4. The number of thiophene rings is 1. The normalized spacial score (nSPS) is 12.8. The summed E-state index contributed by atoms with van der Waals surface area (Å²) in [4.78, 5) is 2.87. The van der Waals surface area contributed by atoms with Gasteiger partial charge in [-0.25, -0.2) is 0 Å². The topological polar surface area (TPSA) is 29.9 Å². The lowest BCUT2D eigenvalue weighted by atomic mass is 10.1. The van der Waals surface area contributed by atoms with Crippen LogP contribution in [-0.2, 0) is 13.0 Å². The van der Waals surface area contributed by atoms with Crippen molar-refractivity contribution in [1.82, 2.24) is 15.1 Å². The highest BCUT2D eigenvalue weighted by Gasteiger charge is 2.17. The van der Waals surface area contributed by atoms with Gasteiger partial charge in [0, 0.05) is 34.5 Å². The van der Waals surface area contributed by atoms with E-state index in [0.29, 0.717) is 6.04 Å². The molecule has 0 spiro atoms. The third-order valence-corrected chi connectivity index (χ3v) is 5.13. The van der Waals surface area contributed by atoms with Crippen LogP contribution in [0, 0.1) is 20.8 Å². The first-order chi connectivity index (χ1) is 10.0. The van der Waals surface area contributed by atoms with Gasteiger partial charge in [0.1, 0.15) is 0 Å². The zero-order valence-corrected chi connectivity index (χ0v) is 14.7. The second-order valence-corrected chi connectivity index (χ2v) is 6.98. The third kappa shape index (κ3) is 3.95. The van der Waals surface area contributed by atoms with E-state index in [1.165, 1.54) is 21.0 Å². The van der Waals surface area contributed by atoms with Crippen LogP contribution in [0.3, 0.4) is 0 Å². The van der Waals surface area contributed by atoms with Crippen LogP contribution in [-0.4, -0.2) is 16.3 Å². The van der Waals surface area contributed by atoms with Gasteiger partial charge in [-0.05, 0) is 58.4 Å². The van der Waals surface area contributed by atoms with E-state index in [-0.39, 0.29) is 0 Å². The molecule has 1 atom stereocenters. The Bertz CT molecular complexity index is 563. The van der Waals surface area contributed by atoms with Gasteiger partial charge in [-0.2, -0.15) is 5.10 Å². The maximum atomic E-state index is 4.57. The number of hydrogen-bond donors (Lipinski definition) is 1. The molecule has 0 saturated heterocycles. The van der Waals surface area contributed by atoms with Crippen LogP contribution in [0.15, 0.2) is 12.1 Å². The second-order valence-electron chi connectivity index (χ2n) is 5.69. The van der Waals surface area contributed by atoms with Gasteiger partial charge >= 0.3 is 0 Å². The van der Waals surface area contributed by atoms with Gasteiger partial charge in [-0.1, -0.05) is 6.92 Å². The van der Waals surface area contributed by atoms with Crippen LogP contribution in [0.5, 0.6) is 0 Å². The van der Waals surface area contributed by atoms with Crippen LogP contribution in [0.1, 0.15) is 53.0 Å². The molecule has 0 fully saturated rings. The smallest absolute Gasteiger partial charge is 0.0596 e. The van der Waals surface area contributed by atoms with Crippen LogP contribution in [0.2, 0.25) is 0 Å². The van der Waals surface area contributed by atoms with Gasteiger partial charge in [-0.15, -0.1) is 11.3 Å². The summed E-state index contributed by atoms with van der Waals surface area (Å²) in [6, 6.07) is 4.95. The summed E-state index contributed by atoms with van der Waals surface area (Å²) < 4.78 is 2.13. The van der Waals surface area contributed by atoms with Gasteiger partial charge in [0.25, 0.3) is 0 Å². The lowest BCUT2D eigenvalue weighted by molar-refractivity contribution is 0.508. The fraction of sp³-hybridized carbons (Fsp3) is 0.588. The molecule has 0 aliphatic heterocycles.